The Bertz CT molecular complexity index is 1070. The highest BCUT2D eigenvalue weighted by Gasteiger charge is 2.37. The van der Waals surface area contributed by atoms with Gasteiger partial charge in [-0.2, -0.15) is 0 Å². The van der Waals surface area contributed by atoms with Crippen molar-refractivity contribution >= 4 is 29.6 Å². The van der Waals surface area contributed by atoms with Crippen molar-refractivity contribution in [3.63, 3.8) is 0 Å². The van der Waals surface area contributed by atoms with Crippen LogP contribution in [0, 0.1) is 13.8 Å². The fourth-order valence-electron chi connectivity index (χ4n) is 3.14. The van der Waals surface area contributed by atoms with Crippen molar-refractivity contribution in [1.29, 1.82) is 0 Å². The average Bonchev–Trinajstić information content (AvgIpc) is 2.71. The molecular formula is C23H22N2O5. The zero-order valence-electron chi connectivity index (χ0n) is 17.0. The maximum atomic E-state index is 13.1. The summed E-state index contributed by atoms with van der Waals surface area (Å²) in [4.78, 5) is 38.8. The van der Waals surface area contributed by atoms with Gasteiger partial charge >= 0.3 is 6.03 Å². The van der Waals surface area contributed by atoms with Gasteiger partial charge in [-0.3, -0.25) is 14.9 Å². The molecule has 30 heavy (non-hydrogen) atoms. The number of hydrogen-bond acceptors (Lipinski definition) is 5. The van der Waals surface area contributed by atoms with Crippen LogP contribution in [-0.2, 0) is 9.59 Å². The maximum absolute atomic E-state index is 13.1. The van der Waals surface area contributed by atoms with Gasteiger partial charge in [-0.25, -0.2) is 9.69 Å². The second-order valence-electron chi connectivity index (χ2n) is 6.76. The molecule has 0 unspecified atom stereocenters. The van der Waals surface area contributed by atoms with Crippen LogP contribution in [0.2, 0.25) is 0 Å². The van der Waals surface area contributed by atoms with Gasteiger partial charge in [0, 0.05) is 0 Å². The van der Waals surface area contributed by atoms with Gasteiger partial charge in [0.25, 0.3) is 11.8 Å². The monoisotopic (exact) mass is 406 g/mol. The lowest BCUT2D eigenvalue weighted by atomic mass is 10.0. The predicted molar refractivity (Wildman–Crippen MR) is 114 cm³/mol. The molecule has 0 aromatic heterocycles. The standard InChI is InChI=1S/C23H22N2O5/c1-5-10-30-19-9-7-16(13-20(19)29-4)12-17-21(26)24-23(28)25(22(17)27)18-8-6-14(2)11-15(18)3/h5-9,11-13H,1,10H2,2-4H3,(H,24,26,28)/b17-12+. The van der Waals surface area contributed by atoms with Crippen molar-refractivity contribution in [1.82, 2.24) is 5.32 Å². The van der Waals surface area contributed by atoms with Crippen LogP contribution in [0.25, 0.3) is 6.08 Å². The molecule has 154 valence electrons. The highest BCUT2D eigenvalue weighted by molar-refractivity contribution is 6.39. The third kappa shape index (κ3) is 4.10. The second-order valence-corrected chi connectivity index (χ2v) is 6.76. The summed E-state index contributed by atoms with van der Waals surface area (Å²) >= 11 is 0. The molecule has 1 N–H and O–H groups in total. The Balaban J connectivity index is 1.99. The van der Waals surface area contributed by atoms with Crippen LogP contribution in [0.15, 0.2) is 54.6 Å². The van der Waals surface area contributed by atoms with E-state index in [4.69, 9.17) is 9.47 Å². The fraction of sp³-hybridized carbons (Fsp3) is 0.174. The number of methoxy groups -OCH3 is 1. The Morgan fingerprint density at radius 2 is 1.83 bits per heavy atom. The Labute approximate surface area is 174 Å². The summed E-state index contributed by atoms with van der Waals surface area (Å²) in [7, 11) is 1.49. The number of imide groups is 2. The van der Waals surface area contributed by atoms with Crippen LogP contribution in [0.3, 0.4) is 0 Å². The summed E-state index contributed by atoms with van der Waals surface area (Å²) in [5, 5.41) is 2.23. The number of carbonyl (C=O) groups excluding carboxylic acids is 3. The fourth-order valence-corrected chi connectivity index (χ4v) is 3.14. The van der Waals surface area contributed by atoms with Crippen molar-refractivity contribution in [3.8, 4) is 11.5 Å². The van der Waals surface area contributed by atoms with Crippen LogP contribution < -0.4 is 19.7 Å². The van der Waals surface area contributed by atoms with Gasteiger partial charge < -0.3 is 9.47 Å². The molecule has 2 aromatic carbocycles. The molecule has 0 aliphatic carbocycles. The molecule has 2 aromatic rings. The smallest absolute Gasteiger partial charge is 0.335 e. The highest BCUT2D eigenvalue weighted by atomic mass is 16.5. The number of hydrogen-bond donors (Lipinski definition) is 1. The van der Waals surface area contributed by atoms with E-state index in [1.54, 1.807) is 43.3 Å². The summed E-state index contributed by atoms with van der Waals surface area (Å²) in [5.41, 5.74) is 2.56. The first-order valence-electron chi connectivity index (χ1n) is 9.26. The third-order valence-electron chi connectivity index (χ3n) is 4.55. The molecule has 1 saturated heterocycles. The molecule has 7 heteroatoms. The number of carbonyl (C=O) groups is 3. The lowest BCUT2D eigenvalue weighted by molar-refractivity contribution is -0.122. The van der Waals surface area contributed by atoms with Crippen molar-refractivity contribution in [2.75, 3.05) is 18.6 Å². The Morgan fingerprint density at radius 1 is 1.07 bits per heavy atom. The number of barbiturate groups is 1. The summed E-state index contributed by atoms with van der Waals surface area (Å²) < 4.78 is 10.8. The minimum absolute atomic E-state index is 0.156. The van der Waals surface area contributed by atoms with Gasteiger partial charge in [-0.05, 0) is 49.2 Å². The van der Waals surface area contributed by atoms with E-state index in [0.29, 0.717) is 29.4 Å². The molecule has 1 aliphatic rings. The van der Waals surface area contributed by atoms with Crippen molar-refractivity contribution in [3.05, 3.63) is 71.3 Å². The van der Waals surface area contributed by atoms with Crippen LogP contribution in [0.1, 0.15) is 16.7 Å². The van der Waals surface area contributed by atoms with Crippen molar-refractivity contribution in [2.24, 2.45) is 0 Å². The van der Waals surface area contributed by atoms with E-state index in [0.717, 1.165) is 16.0 Å². The summed E-state index contributed by atoms with van der Waals surface area (Å²) in [6.45, 7) is 7.63. The predicted octanol–water partition coefficient (Wildman–Crippen LogP) is 3.54. The van der Waals surface area contributed by atoms with E-state index in [1.165, 1.54) is 13.2 Å². The largest absolute Gasteiger partial charge is 0.493 e. The normalized spacial score (nSPS) is 15.2. The number of aryl methyl sites for hydroxylation is 2. The lowest BCUT2D eigenvalue weighted by Gasteiger charge is -2.27. The Hall–Kier alpha value is -3.87. The molecule has 3 rings (SSSR count). The van der Waals surface area contributed by atoms with Gasteiger partial charge in [-0.1, -0.05) is 36.4 Å². The quantitative estimate of drug-likeness (QED) is 0.451. The zero-order chi connectivity index (χ0) is 21.8. The minimum atomic E-state index is -0.778. The average molecular weight is 406 g/mol. The number of amides is 4. The topological polar surface area (TPSA) is 84.9 Å². The Morgan fingerprint density at radius 3 is 2.50 bits per heavy atom. The van der Waals surface area contributed by atoms with E-state index in [1.807, 2.05) is 13.0 Å². The number of anilines is 1. The first-order chi connectivity index (χ1) is 14.3. The van der Waals surface area contributed by atoms with E-state index < -0.39 is 17.8 Å². The van der Waals surface area contributed by atoms with Crippen LogP contribution in [0.5, 0.6) is 11.5 Å². The number of rotatable bonds is 6. The van der Waals surface area contributed by atoms with Gasteiger partial charge in [-0.15, -0.1) is 0 Å². The molecule has 1 heterocycles. The van der Waals surface area contributed by atoms with Crippen LogP contribution in [0.4, 0.5) is 10.5 Å². The van der Waals surface area contributed by atoms with Gasteiger partial charge in [0.1, 0.15) is 12.2 Å². The molecule has 0 saturated carbocycles. The van der Waals surface area contributed by atoms with Crippen molar-refractivity contribution < 1.29 is 23.9 Å². The number of nitrogens with one attached hydrogen (secondary N) is 1. The molecule has 7 nitrogen and oxygen atoms in total. The third-order valence-corrected chi connectivity index (χ3v) is 4.55. The molecule has 0 radical (unpaired) electrons. The SMILES string of the molecule is C=CCOc1ccc(/C=C2\C(=O)NC(=O)N(c3ccc(C)cc3C)C2=O)cc1OC. The molecule has 0 atom stereocenters. The van der Waals surface area contributed by atoms with Gasteiger partial charge in [0.15, 0.2) is 11.5 Å². The molecular weight excluding hydrogens is 384 g/mol. The molecule has 1 aliphatic heterocycles. The summed E-state index contributed by atoms with van der Waals surface area (Å²) in [6.07, 6.45) is 3.03. The number of nitrogens with zero attached hydrogens (tertiary/aromatic N) is 1. The maximum Gasteiger partial charge on any atom is 0.335 e. The number of ether oxygens (including phenoxy) is 2. The van der Waals surface area contributed by atoms with E-state index in [-0.39, 0.29) is 5.57 Å². The van der Waals surface area contributed by atoms with Crippen LogP contribution in [-0.4, -0.2) is 31.6 Å². The molecule has 0 spiro atoms. The zero-order valence-corrected chi connectivity index (χ0v) is 17.0. The van der Waals surface area contributed by atoms with Crippen molar-refractivity contribution in [2.45, 2.75) is 13.8 Å². The van der Waals surface area contributed by atoms with E-state index in [9.17, 15) is 14.4 Å². The molecule has 4 amide bonds. The number of benzene rings is 2. The number of urea groups is 1. The molecule has 1 fully saturated rings. The van der Waals surface area contributed by atoms with E-state index >= 15 is 0 Å². The van der Waals surface area contributed by atoms with Crippen LogP contribution >= 0.6 is 0 Å². The lowest BCUT2D eigenvalue weighted by Crippen LogP contribution is -2.54. The highest BCUT2D eigenvalue weighted by Crippen LogP contribution is 2.30. The second kappa shape index (κ2) is 8.65. The first kappa shape index (κ1) is 20.9. The minimum Gasteiger partial charge on any atom is -0.493 e. The summed E-state index contributed by atoms with van der Waals surface area (Å²) in [5.74, 6) is -0.498. The summed E-state index contributed by atoms with van der Waals surface area (Å²) in [6, 6.07) is 9.57. The molecule has 0 bridgehead atoms. The Kier molecular flexibility index (Phi) is 6.01. The van der Waals surface area contributed by atoms with Gasteiger partial charge in [0.05, 0.1) is 12.8 Å². The van der Waals surface area contributed by atoms with E-state index in [2.05, 4.69) is 11.9 Å². The first-order valence-corrected chi connectivity index (χ1v) is 9.26. The van der Waals surface area contributed by atoms with Gasteiger partial charge in [0.2, 0.25) is 0 Å².